The Hall–Kier alpha value is -1.10. The molecule has 1 aliphatic rings. The molecule has 2 N–H and O–H groups in total. The maximum absolute atomic E-state index is 11.6. The molecule has 0 spiro atoms. The summed E-state index contributed by atoms with van der Waals surface area (Å²) in [6, 6.07) is 3.89. The summed E-state index contributed by atoms with van der Waals surface area (Å²) >= 11 is 7.76. The van der Waals surface area contributed by atoms with E-state index in [1.54, 1.807) is 0 Å². The number of halogens is 1. The Morgan fingerprint density at radius 1 is 1.44 bits per heavy atom. The van der Waals surface area contributed by atoms with Gasteiger partial charge in [-0.25, -0.2) is 0 Å². The smallest absolute Gasteiger partial charge is 0.259 e. The molecule has 5 heteroatoms. The summed E-state index contributed by atoms with van der Waals surface area (Å²) in [6.45, 7) is 1.70. The third-order valence-corrected chi connectivity index (χ3v) is 4.97. The van der Waals surface area contributed by atoms with Gasteiger partial charge >= 0.3 is 0 Å². The molecule has 0 unspecified atom stereocenters. The van der Waals surface area contributed by atoms with Crippen molar-refractivity contribution in [3.05, 3.63) is 33.2 Å². The van der Waals surface area contributed by atoms with Gasteiger partial charge < -0.3 is 10.6 Å². The van der Waals surface area contributed by atoms with Crippen molar-refractivity contribution < 1.29 is 4.79 Å². The lowest BCUT2D eigenvalue weighted by Crippen LogP contribution is -2.20. The molecule has 0 radical (unpaired) electrons. The van der Waals surface area contributed by atoms with Crippen LogP contribution in [-0.2, 0) is 13.0 Å². The van der Waals surface area contributed by atoms with Crippen molar-refractivity contribution >= 4 is 38.9 Å². The van der Waals surface area contributed by atoms with Gasteiger partial charge in [0.05, 0.1) is 4.88 Å². The molecule has 1 aliphatic heterocycles. The fourth-order valence-electron chi connectivity index (χ4n) is 2.55. The maximum atomic E-state index is 11.6. The van der Waals surface area contributed by atoms with E-state index < -0.39 is 0 Å². The molecule has 2 aromatic rings. The van der Waals surface area contributed by atoms with Crippen LogP contribution in [-0.4, -0.2) is 24.4 Å². The number of likely N-dealkylation sites (N-methyl/N-ethyl adjacent to an activating group) is 1. The van der Waals surface area contributed by atoms with Crippen LogP contribution in [0.3, 0.4) is 0 Å². The second-order valence-corrected chi connectivity index (χ2v) is 6.12. The Morgan fingerprint density at radius 3 is 2.94 bits per heavy atom. The van der Waals surface area contributed by atoms with Crippen LogP contribution in [0.5, 0.6) is 0 Å². The molecular formula is C13H13ClN2OS. The first-order valence-electron chi connectivity index (χ1n) is 5.79. The van der Waals surface area contributed by atoms with Gasteiger partial charge in [-0.15, -0.1) is 11.3 Å². The largest absolute Gasteiger partial charge is 0.365 e. The van der Waals surface area contributed by atoms with Gasteiger partial charge in [0, 0.05) is 28.2 Å². The summed E-state index contributed by atoms with van der Waals surface area (Å²) in [5.41, 5.74) is 7.67. The average molecular weight is 281 g/mol. The summed E-state index contributed by atoms with van der Waals surface area (Å²) in [5.74, 6) is -0.344. The Morgan fingerprint density at radius 2 is 2.22 bits per heavy atom. The van der Waals surface area contributed by atoms with E-state index in [4.69, 9.17) is 17.3 Å². The number of rotatable bonds is 1. The van der Waals surface area contributed by atoms with Crippen molar-refractivity contribution in [2.75, 3.05) is 13.6 Å². The summed E-state index contributed by atoms with van der Waals surface area (Å²) < 4.78 is 1.11. The second kappa shape index (κ2) is 4.23. The fraction of sp³-hybridized carbons (Fsp3) is 0.308. The number of amides is 1. The summed E-state index contributed by atoms with van der Waals surface area (Å²) in [6.07, 6.45) is 0.911. The van der Waals surface area contributed by atoms with Gasteiger partial charge in [0.2, 0.25) is 0 Å². The molecule has 3 rings (SSSR count). The zero-order chi connectivity index (χ0) is 12.9. The molecule has 18 heavy (non-hydrogen) atoms. The van der Waals surface area contributed by atoms with E-state index in [-0.39, 0.29) is 5.91 Å². The van der Waals surface area contributed by atoms with E-state index in [1.165, 1.54) is 11.3 Å². The zero-order valence-electron chi connectivity index (χ0n) is 10.00. The first kappa shape index (κ1) is 12.0. The normalized spacial score (nSPS) is 15.9. The molecule has 1 aromatic carbocycles. The number of primary amides is 1. The topological polar surface area (TPSA) is 46.3 Å². The Labute approximate surface area is 114 Å². The van der Waals surface area contributed by atoms with E-state index >= 15 is 0 Å². The van der Waals surface area contributed by atoms with E-state index in [9.17, 15) is 4.79 Å². The van der Waals surface area contributed by atoms with Crippen LogP contribution < -0.4 is 5.73 Å². The zero-order valence-corrected chi connectivity index (χ0v) is 11.6. The SMILES string of the molecule is CN1CCc2c(Cl)ccc3sc(C(N)=O)c(c23)C1. The highest BCUT2D eigenvalue weighted by Crippen LogP contribution is 2.39. The number of nitrogens with two attached hydrogens (primary N) is 1. The van der Waals surface area contributed by atoms with Crippen LogP contribution >= 0.6 is 22.9 Å². The molecule has 3 nitrogen and oxygen atoms in total. The standard InChI is InChI=1S/C13H13ClN2OS/c1-16-5-4-7-9(14)2-3-10-11(7)8(6-16)12(18-10)13(15)17/h2-3H,4-6H2,1H3,(H2,15,17). The lowest BCUT2D eigenvalue weighted by Gasteiger charge is -2.13. The van der Waals surface area contributed by atoms with Gasteiger partial charge in [0.25, 0.3) is 5.91 Å². The lowest BCUT2D eigenvalue weighted by atomic mass is 10.0. The van der Waals surface area contributed by atoms with Crippen LogP contribution in [0.1, 0.15) is 20.8 Å². The van der Waals surface area contributed by atoms with Gasteiger partial charge in [-0.1, -0.05) is 11.6 Å². The molecule has 0 atom stereocenters. The maximum Gasteiger partial charge on any atom is 0.259 e. The number of carbonyl (C=O) groups excluding carboxylic acids is 1. The minimum absolute atomic E-state index is 0.344. The van der Waals surface area contributed by atoms with Gasteiger partial charge in [-0.05, 0) is 36.7 Å². The molecule has 1 amide bonds. The number of nitrogens with zero attached hydrogens (tertiary/aromatic N) is 1. The molecule has 0 fully saturated rings. The van der Waals surface area contributed by atoms with E-state index in [0.29, 0.717) is 4.88 Å². The van der Waals surface area contributed by atoms with Crippen molar-refractivity contribution in [2.45, 2.75) is 13.0 Å². The molecule has 0 aliphatic carbocycles. The van der Waals surface area contributed by atoms with Crippen LogP contribution in [0.25, 0.3) is 10.1 Å². The van der Waals surface area contributed by atoms with E-state index in [0.717, 1.165) is 45.7 Å². The van der Waals surface area contributed by atoms with Crippen LogP contribution in [0.4, 0.5) is 0 Å². The first-order chi connectivity index (χ1) is 8.58. The average Bonchev–Trinajstić information content (AvgIpc) is 2.57. The molecular weight excluding hydrogens is 268 g/mol. The van der Waals surface area contributed by atoms with Crippen molar-refractivity contribution in [3.63, 3.8) is 0 Å². The number of benzene rings is 1. The summed E-state index contributed by atoms with van der Waals surface area (Å²) in [4.78, 5) is 14.4. The minimum atomic E-state index is -0.344. The number of thiophene rings is 1. The van der Waals surface area contributed by atoms with Crippen LogP contribution in [0.2, 0.25) is 5.02 Å². The predicted molar refractivity (Wildman–Crippen MR) is 75.4 cm³/mol. The van der Waals surface area contributed by atoms with Gasteiger partial charge in [-0.3, -0.25) is 4.79 Å². The van der Waals surface area contributed by atoms with E-state index in [1.807, 2.05) is 19.2 Å². The van der Waals surface area contributed by atoms with Crippen LogP contribution in [0, 0.1) is 0 Å². The summed E-state index contributed by atoms with van der Waals surface area (Å²) in [7, 11) is 2.05. The van der Waals surface area contributed by atoms with Crippen molar-refractivity contribution in [2.24, 2.45) is 5.73 Å². The molecule has 0 bridgehead atoms. The van der Waals surface area contributed by atoms with Gasteiger partial charge in [0.15, 0.2) is 0 Å². The van der Waals surface area contributed by atoms with E-state index in [2.05, 4.69) is 4.90 Å². The second-order valence-electron chi connectivity index (χ2n) is 4.66. The molecule has 0 saturated heterocycles. The highest BCUT2D eigenvalue weighted by Gasteiger charge is 2.23. The molecule has 94 valence electrons. The number of carbonyl (C=O) groups is 1. The van der Waals surface area contributed by atoms with Crippen molar-refractivity contribution in [1.29, 1.82) is 0 Å². The predicted octanol–water partition coefficient (Wildman–Crippen LogP) is 2.64. The minimum Gasteiger partial charge on any atom is -0.365 e. The lowest BCUT2D eigenvalue weighted by molar-refractivity contribution is 0.100. The number of hydrogen-bond donors (Lipinski definition) is 1. The summed E-state index contributed by atoms with van der Waals surface area (Å²) in [5, 5.41) is 1.93. The Bertz CT molecular complexity index is 650. The fourth-order valence-corrected chi connectivity index (χ4v) is 3.89. The highest BCUT2D eigenvalue weighted by molar-refractivity contribution is 7.21. The van der Waals surface area contributed by atoms with Crippen molar-refractivity contribution in [3.8, 4) is 0 Å². The van der Waals surface area contributed by atoms with Crippen LogP contribution in [0.15, 0.2) is 12.1 Å². The molecule has 0 saturated carbocycles. The van der Waals surface area contributed by atoms with Crippen molar-refractivity contribution in [1.82, 2.24) is 4.90 Å². The number of hydrogen-bond acceptors (Lipinski definition) is 3. The Balaban J connectivity index is 2.39. The molecule has 1 aromatic heterocycles. The first-order valence-corrected chi connectivity index (χ1v) is 6.98. The van der Waals surface area contributed by atoms with Gasteiger partial charge in [0.1, 0.15) is 0 Å². The Kier molecular flexibility index (Phi) is 2.81. The highest BCUT2D eigenvalue weighted by atomic mass is 35.5. The quantitative estimate of drug-likeness (QED) is 0.873. The third-order valence-electron chi connectivity index (χ3n) is 3.40. The molecule has 2 heterocycles. The third kappa shape index (κ3) is 1.72. The monoisotopic (exact) mass is 280 g/mol. The van der Waals surface area contributed by atoms with Gasteiger partial charge in [-0.2, -0.15) is 0 Å².